The van der Waals surface area contributed by atoms with E-state index in [0.29, 0.717) is 43.2 Å². The third-order valence-corrected chi connectivity index (χ3v) is 7.18. The highest BCUT2D eigenvalue weighted by Crippen LogP contribution is 2.28. The summed E-state index contributed by atoms with van der Waals surface area (Å²) in [6.45, 7) is 2.99. The smallest absolute Gasteiger partial charge is 0.240 e. The predicted molar refractivity (Wildman–Crippen MR) is 119 cm³/mol. The first-order valence-electron chi connectivity index (χ1n) is 10.8. The second-order valence-corrected chi connectivity index (χ2v) is 9.85. The lowest BCUT2D eigenvalue weighted by atomic mass is 9.96. The van der Waals surface area contributed by atoms with Gasteiger partial charge >= 0.3 is 0 Å². The maximum Gasteiger partial charge on any atom is 0.240 e. The number of halogens is 1. The van der Waals surface area contributed by atoms with Crippen molar-refractivity contribution < 1.29 is 22.1 Å². The monoisotopic (exact) mass is 472 g/mol. The summed E-state index contributed by atoms with van der Waals surface area (Å²) in [5.74, 6) is 0.521. The van der Waals surface area contributed by atoms with Gasteiger partial charge in [0.15, 0.2) is 0 Å². The molecule has 0 aliphatic carbocycles. The van der Waals surface area contributed by atoms with Gasteiger partial charge in [0.25, 0.3) is 0 Å². The summed E-state index contributed by atoms with van der Waals surface area (Å²) in [6.07, 6.45) is 1.43. The van der Waals surface area contributed by atoms with Crippen molar-refractivity contribution in [2.45, 2.75) is 37.0 Å². The van der Waals surface area contributed by atoms with Gasteiger partial charge < -0.3 is 9.42 Å². The summed E-state index contributed by atoms with van der Waals surface area (Å²) in [6, 6.07) is 12.4. The number of aromatic nitrogens is 2. The Kier molecular flexibility index (Phi) is 6.85. The number of nitrogens with one attached hydrogen (secondary N) is 1. The first kappa shape index (κ1) is 23.1. The number of hydrogen-bond acceptors (Lipinski definition) is 6. The minimum absolute atomic E-state index is 0.0378. The molecule has 2 heterocycles. The molecule has 0 spiro atoms. The molecule has 1 N–H and O–H groups in total. The molecule has 1 amide bonds. The summed E-state index contributed by atoms with van der Waals surface area (Å²) < 4.78 is 45.7. The molecular weight excluding hydrogens is 447 g/mol. The summed E-state index contributed by atoms with van der Waals surface area (Å²) in [4.78, 5) is 18.9. The summed E-state index contributed by atoms with van der Waals surface area (Å²) >= 11 is 0. The Morgan fingerprint density at radius 2 is 1.79 bits per heavy atom. The van der Waals surface area contributed by atoms with Crippen molar-refractivity contribution in [3.63, 3.8) is 0 Å². The molecule has 2 aromatic carbocycles. The molecule has 1 aliphatic rings. The van der Waals surface area contributed by atoms with Gasteiger partial charge in [0.2, 0.25) is 27.6 Å². The van der Waals surface area contributed by atoms with E-state index in [1.807, 2.05) is 6.92 Å². The van der Waals surface area contributed by atoms with E-state index in [4.69, 9.17) is 4.52 Å². The molecule has 0 unspecified atom stereocenters. The predicted octanol–water partition coefficient (Wildman–Crippen LogP) is 3.26. The second-order valence-electron chi connectivity index (χ2n) is 8.08. The maximum atomic E-state index is 13.1. The molecular formula is C23H25FN4O4S. The van der Waals surface area contributed by atoms with Crippen molar-refractivity contribution in [2.24, 2.45) is 0 Å². The van der Waals surface area contributed by atoms with Gasteiger partial charge in [-0.05, 0) is 56.2 Å². The van der Waals surface area contributed by atoms with Gasteiger partial charge in [-0.3, -0.25) is 4.79 Å². The maximum absolute atomic E-state index is 13.1. The molecule has 3 aromatic rings. The Morgan fingerprint density at radius 1 is 1.12 bits per heavy atom. The molecule has 0 radical (unpaired) electrons. The van der Waals surface area contributed by atoms with E-state index in [1.165, 1.54) is 12.1 Å². The van der Waals surface area contributed by atoms with Crippen molar-refractivity contribution in [1.82, 2.24) is 19.8 Å². The third kappa shape index (κ3) is 5.63. The van der Waals surface area contributed by atoms with Crippen LogP contribution in [0.15, 0.2) is 57.9 Å². The highest BCUT2D eigenvalue weighted by atomic mass is 32.2. The lowest BCUT2D eigenvalue weighted by Crippen LogP contribution is -2.39. The second kappa shape index (κ2) is 9.80. The SMILES string of the molecule is Cc1ccc(S(=O)(=O)NCCC(=O)N2CCC(c3nc(-c4ccc(F)cc4)no3)CC2)cc1. The zero-order chi connectivity index (χ0) is 23.4. The van der Waals surface area contributed by atoms with Crippen molar-refractivity contribution >= 4 is 15.9 Å². The van der Waals surface area contributed by atoms with Gasteiger partial charge in [0.05, 0.1) is 4.90 Å². The first-order valence-corrected chi connectivity index (χ1v) is 12.2. The van der Waals surface area contributed by atoms with Gasteiger partial charge in [-0.2, -0.15) is 4.98 Å². The van der Waals surface area contributed by atoms with Crippen LogP contribution in [0.2, 0.25) is 0 Å². The van der Waals surface area contributed by atoms with E-state index in [0.717, 1.165) is 5.56 Å². The fourth-order valence-corrected chi connectivity index (χ4v) is 4.78. The van der Waals surface area contributed by atoms with Crippen molar-refractivity contribution in [3.05, 3.63) is 65.8 Å². The van der Waals surface area contributed by atoms with Crippen LogP contribution in [0.5, 0.6) is 0 Å². The normalized spacial score (nSPS) is 15.0. The number of benzene rings is 2. The largest absolute Gasteiger partial charge is 0.343 e. The van der Waals surface area contributed by atoms with Crippen LogP contribution in [0, 0.1) is 12.7 Å². The van der Waals surface area contributed by atoms with Gasteiger partial charge in [0, 0.05) is 37.5 Å². The van der Waals surface area contributed by atoms with Crippen LogP contribution in [0.4, 0.5) is 4.39 Å². The number of aryl methyl sites for hydroxylation is 1. The summed E-state index contributed by atoms with van der Waals surface area (Å²) in [5, 5.41) is 3.98. The van der Waals surface area contributed by atoms with E-state index in [1.54, 1.807) is 41.3 Å². The van der Waals surface area contributed by atoms with Crippen LogP contribution in [0.3, 0.4) is 0 Å². The van der Waals surface area contributed by atoms with E-state index in [9.17, 15) is 17.6 Å². The van der Waals surface area contributed by atoms with Crippen molar-refractivity contribution in [3.8, 4) is 11.4 Å². The molecule has 1 fully saturated rings. The average Bonchev–Trinajstić information content (AvgIpc) is 3.30. The van der Waals surface area contributed by atoms with Crippen LogP contribution in [-0.2, 0) is 14.8 Å². The standard InChI is InChI=1S/C23H25FN4O4S/c1-16-2-8-20(9-3-16)33(30,31)25-13-10-21(29)28-14-11-18(12-15-28)23-26-22(27-32-23)17-4-6-19(24)7-5-17/h2-9,18,25H,10-15H2,1H3. The number of likely N-dealkylation sites (tertiary alicyclic amines) is 1. The molecule has 0 bridgehead atoms. The fourth-order valence-electron chi connectivity index (χ4n) is 3.74. The molecule has 8 nitrogen and oxygen atoms in total. The molecule has 10 heteroatoms. The quantitative estimate of drug-likeness (QED) is 0.566. The minimum atomic E-state index is -3.64. The van der Waals surface area contributed by atoms with Gasteiger partial charge in [-0.1, -0.05) is 22.9 Å². The fraction of sp³-hybridized carbons (Fsp3) is 0.348. The number of nitrogens with zero attached hydrogens (tertiary/aromatic N) is 3. The Balaban J connectivity index is 1.25. The highest BCUT2D eigenvalue weighted by Gasteiger charge is 2.27. The lowest BCUT2D eigenvalue weighted by molar-refractivity contribution is -0.132. The van der Waals surface area contributed by atoms with Crippen LogP contribution >= 0.6 is 0 Å². The molecule has 1 saturated heterocycles. The molecule has 1 aromatic heterocycles. The number of amides is 1. The van der Waals surface area contributed by atoms with E-state index in [-0.39, 0.29) is 35.5 Å². The Bertz CT molecular complexity index is 1200. The van der Waals surface area contributed by atoms with Gasteiger partial charge in [0.1, 0.15) is 5.82 Å². The average molecular weight is 473 g/mol. The number of piperidine rings is 1. The summed E-state index contributed by atoms with van der Waals surface area (Å²) in [5.41, 5.74) is 1.65. The Hall–Kier alpha value is -3.11. The Labute approximate surface area is 191 Å². The first-order chi connectivity index (χ1) is 15.8. The van der Waals surface area contributed by atoms with Gasteiger partial charge in [-0.15, -0.1) is 0 Å². The number of hydrogen-bond donors (Lipinski definition) is 1. The molecule has 0 saturated carbocycles. The van der Waals surface area contributed by atoms with Crippen molar-refractivity contribution in [1.29, 1.82) is 0 Å². The number of sulfonamides is 1. The lowest BCUT2D eigenvalue weighted by Gasteiger charge is -2.30. The van der Waals surface area contributed by atoms with Crippen LogP contribution in [-0.4, -0.2) is 49.0 Å². The molecule has 174 valence electrons. The molecule has 0 atom stereocenters. The van der Waals surface area contributed by atoms with Crippen LogP contribution in [0.25, 0.3) is 11.4 Å². The zero-order valence-corrected chi connectivity index (χ0v) is 19.0. The minimum Gasteiger partial charge on any atom is -0.343 e. The molecule has 4 rings (SSSR count). The third-order valence-electron chi connectivity index (χ3n) is 5.70. The van der Waals surface area contributed by atoms with Crippen LogP contribution < -0.4 is 4.72 Å². The number of rotatable bonds is 7. The highest BCUT2D eigenvalue weighted by molar-refractivity contribution is 7.89. The molecule has 1 aliphatic heterocycles. The van der Waals surface area contributed by atoms with E-state index < -0.39 is 10.0 Å². The number of carbonyl (C=O) groups is 1. The van der Waals surface area contributed by atoms with E-state index in [2.05, 4.69) is 14.9 Å². The molecule has 33 heavy (non-hydrogen) atoms. The van der Waals surface area contributed by atoms with Gasteiger partial charge in [-0.25, -0.2) is 17.5 Å². The topological polar surface area (TPSA) is 105 Å². The zero-order valence-electron chi connectivity index (χ0n) is 18.2. The van der Waals surface area contributed by atoms with Crippen molar-refractivity contribution in [2.75, 3.05) is 19.6 Å². The summed E-state index contributed by atoms with van der Waals surface area (Å²) in [7, 11) is -3.64. The Morgan fingerprint density at radius 3 is 2.45 bits per heavy atom. The van der Waals surface area contributed by atoms with E-state index >= 15 is 0 Å². The van der Waals surface area contributed by atoms with Crippen LogP contribution in [0.1, 0.15) is 36.6 Å². The number of carbonyl (C=O) groups excluding carboxylic acids is 1.